The Kier molecular flexibility index (Phi) is 4.84. The smallest absolute Gasteiger partial charge is 0.258 e. The third-order valence-electron chi connectivity index (χ3n) is 4.63. The van der Waals surface area contributed by atoms with Gasteiger partial charge in [-0.05, 0) is 30.6 Å². The maximum absolute atomic E-state index is 11.1. The number of hydrogen-bond acceptors (Lipinski definition) is 2. The van der Waals surface area contributed by atoms with Crippen molar-refractivity contribution >= 4 is 21.6 Å². The molecule has 110 valence electrons. The highest BCUT2D eigenvalue weighted by Gasteiger charge is 2.37. The first-order valence-electron chi connectivity index (χ1n) is 7.28. The van der Waals surface area contributed by atoms with Crippen LogP contribution in [0, 0.1) is 21.4 Å². The van der Waals surface area contributed by atoms with Crippen molar-refractivity contribution in [2.45, 2.75) is 50.8 Å². The summed E-state index contributed by atoms with van der Waals surface area (Å²) in [5.74, 6) is 0.580. The molecule has 0 saturated heterocycles. The molecule has 1 aromatic rings. The third kappa shape index (κ3) is 3.40. The number of halogens is 1. The zero-order valence-electron chi connectivity index (χ0n) is 12.1. The van der Waals surface area contributed by atoms with Gasteiger partial charge in [-0.25, -0.2) is 0 Å². The van der Waals surface area contributed by atoms with Crippen LogP contribution >= 0.6 is 15.9 Å². The number of nitro benzene ring substituents is 1. The van der Waals surface area contributed by atoms with E-state index in [-0.39, 0.29) is 10.6 Å². The lowest BCUT2D eigenvalue weighted by Gasteiger charge is -2.41. The molecule has 2 rings (SSSR count). The van der Waals surface area contributed by atoms with Crippen LogP contribution in [0.1, 0.15) is 45.1 Å². The minimum absolute atomic E-state index is 0.241. The monoisotopic (exact) mass is 339 g/mol. The van der Waals surface area contributed by atoms with Crippen molar-refractivity contribution in [2.24, 2.45) is 11.3 Å². The average Bonchev–Trinajstić information content (AvgIpc) is 2.38. The van der Waals surface area contributed by atoms with E-state index in [1.165, 1.54) is 25.7 Å². The normalized spacial score (nSPS) is 23.2. The number of nitro groups is 1. The standard InChI is InChI=1S/C16H22BrNO2/c1-16(2)10-6-5-8-13(16)14(17)11-12-7-3-4-9-15(12)18(19)20/h3-4,7,9,13-14H,5-6,8,10-11H2,1-2H3. The zero-order valence-corrected chi connectivity index (χ0v) is 13.7. The summed E-state index contributed by atoms with van der Waals surface area (Å²) >= 11 is 3.81. The van der Waals surface area contributed by atoms with Crippen molar-refractivity contribution in [1.29, 1.82) is 0 Å². The van der Waals surface area contributed by atoms with Crippen LogP contribution in [-0.2, 0) is 6.42 Å². The predicted molar refractivity (Wildman–Crippen MR) is 85.3 cm³/mol. The van der Waals surface area contributed by atoms with Crippen molar-refractivity contribution in [3.63, 3.8) is 0 Å². The highest BCUT2D eigenvalue weighted by molar-refractivity contribution is 9.09. The van der Waals surface area contributed by atoms with Gasteiger partial charge in [-0.1, -0.05) is 60.8 Å². The first-order chi connectivity index (χ1) is 9.42. The summed E-state index contributed by atoms with van der Waals surface area (Å²) in [6.45, 7) is 4.65. The van der Waals surface area contributed by atoms with Crippen LogP contribution < -0.4 is 0 Å². The summed E-state index contributed by atoms with van der Waals surface area (Å²) in [5.41, 5.74) is 1.39. The van der Waals surface area contributed by atoms with Crippen LogP contribution in [0.3, 0.4) is 0 Å². The molecule has 1 fully saturated rings. The van der Waals surface area contributed by atoms with Gasteiger partial charge in [0, 0.05) is 16.5 Å². The van der Waals surface area contributed by atoms with E-state index < -0.39 is 0 Å². The molecule has 4 heteroatoms. The van der Waals surface area contributed by atoms with Gasteiger partial charge in [0.1, 0.15) is 0 Å². The molecular formula is C16H22BrNO2. The van der Waals surface area contributed by atoms with E-state index in [9.17, 15) is 10.1 Å². The van der Waals surface area contributed by atoms with Crippen molar-refractivity contribution in [2.75, 3.05) is 0 Å². The molecule has 0 N–H and O–H groups in total. The lowest BCUT2D eigenvalue weighted by atomic mass is 9.67. The maximum atomic E-state index is 11.1. The van der Waals surface area contributed by atoms with Crippen LogP contribution in [0.15, 0.2) is 24.3 Å². The Balaban J connectivity index is 2.15. The summed E-state index contributed by atoms with van der Waals surface area (Å²) < 4.78 is 0. The number of para-hydroxylation sites is 1. The first-order valence-corrected chi connectivity index (χ1v) is 8.20. The molecule has 0 spiro atoms. The minimum Gasteiger partial charge on any atom is -0.258 e. The average molecular weight is 340 g/mol. The molecule has 0 radical (unpaired) electrons. The molecule has 3 nitrogen and oxygen atoms in total. The second-order valence-corrected chi connectivity index (χ2v) is 7.62. The maximum Gasteiger partial charge on any atom is 0.272 e. The van der Waals surface area contributed by atoms with E-state index in [1.54, 1.807) is 12.1 Å². The fraction of sp³-hybridized carbons (Fsp3) is 0.625. The number of rotatable bonds is 4. The fourth-order valence-corrected chi connectivity index (χ4v) is 4.73. The van der Waals surface area contributed by atoms with Gasteiger partial charge in [0.2, 0.25) is 0 Å². The van der Waals surface area contributed by atoms with E-state index in [1.807, 2.05) is 12.1 Å². The molecule has 20 heavy (non-hydrogen) atoms. The Hall–Kier alpha value is -0.900. The molecule has 0 amide bonds. The van der Waals surface area contributed by atoms with Gasteiger partial charge in [0.15, 0.2) is 0 Å². The highest BCUT2D eigenvalue weighted by Crippen LogP contribution is 2.45. The van der Waals surface area contributed by atoms with Crippen molar-refractivity contribution < 1.29 is 4.92 Å². The summed E-state index contributed by atoms with van der Waals surface area (Å²) in [7, 11) is 0. The van der Waals surface area contributed by atoms with Gasteiger partial charge in [-0.2, -0.15) is 0 Å². The number of nitrogens with zero attached hydrogens (tertiary/aromatic N) is 1. The van der Waals surface area contributed by atoms with E-state index in [0.29, 0.717) is 16.2 Å². The highest BCUT2D eigenvalue weighted by atomic mass is 79.9. The third-order valence-corrected chi connectivity index (χ3v) is 5.59. The SMILES string of the molecule is CC1(C)CCCCC1C(Br)Cc1ccccc1[N+](=O)[O-]. The van der Waals surface area contributed by atoms with Gasteiger partial charge in [0.05, 0.1) is 4.92 Å². The zero-order chi connectivity index (χ0) is 14.8. The van der Waals surface area contributed by atoms with Crippen molar-refractivity contribution in [3.8, 4) is 0 Å². The molecular weight excluding hydrogens is 318 g/mol. The quantitative estimate of drug-likeness (QED) is 0.434. The Bertz CT molecular complexity index is 487. The number of hydrogen-bond donors (Lipinski definition) is 0. The molecule has 0 aliphatic heterocycles. The summed E-state index contributed by atoms with van der Waals surface area (Å²) in [6, 6.07) is 7.09. The fourth-order valence-electron chi connectivity index (χ4n) is 3.41. The number of benzene rings is 1. The van der Waals surface area contributed by atoms with E-state index >= 15 is 0 Å². The Morgan fingerprint density at radius 3 is 2.75 bits per heavy atom. The molecule has 1 saturated carbocycles. The van der Waals surface area contributed by atoms with Crippen LogP contribution in [0.5, 0.6) is 0 Å². The summed E-state index contributed by atoms with van der Waals surface area (Å²) in [4.78, 5) is 11.1. The van der Waals surface area contributed by atoms with E-state index in [0.717, 1.165) is 12.0 Å². The number of alkyl halides is 1. The molecule has 2 unspecified atom stereocenters. The summed E-state index contributed by atoms with van der Waals surface area (Å²) in [5, 5.41) is 11.1. The lowest BCUT2D eigenvalue weighted by molar-refractivity contribution is -0.385. The molecule has 0 aromatic heterocycles. The van der Waals surface area contributed by atoms with Crippen molar-refractivity contribution in [1.82, 2.24) is 0 Å². The predicted octanol–water partition coefficient (Wildman–Crippen LogP) is 5.12. The molecule has 2 atom stereocenters. The van der Waals surface area contributed by atoms with Gasteiger partial charge < -0.3 is 0 Å². The Labute approximate surface area is 129 Å². The topological polar surface area (TPSA) is 43.1 Å². The van der Waals surface area contributed by atoms with Crippen molar-refractivity contribution in [3.05, 3.63) is 39.9 Å². The first kappa shape index (κ1) is 15.5. The van der Waals surface area contributed by atoms with Crippen LogP contribution in [0.2, 0.25) is 0 Å². The molecule has 1 aromatic carbocycles. The molecule has 1 aliphatic rings. The van der Waals surface area contributed by atoms with Crippen LogP contribution in [0.4, 0.5) is 5.69 Å². The van der Waals surface area contributed by atoms with Gasteiger partial charge >= 0.3 is 0 Å². The van der Waals surface area contributed by atoms with Crippen LogP contribution in [-0.4, -0.2) is 9.75 Å². The van der Waals surface area contributed by atoms with Gasteiger partial charge in [-0.3, -0.25) is 10.1 Å². The van der Waals surface area contributed by atoms with Crippen LogP contribution in [0.25, 0.3) is 0 Å². The molecule has 0 heterocycles. The largest absolute Gasteiger partial charge is 0.272 e. The van der Waals surface area contributed by atoms with Gasteiger partial charge in [0.25, 0.3) is 5.69 Å². The van der Waals surface area contributed by atoms with E-state index in [4.69, 9.17) is 0 Å². The second kappa shape index (κ2) is 6.25. The Morgan fingerprint density at radius 1 is 1.40 bits per heavy atom. The second-order valence-electron chi connectivity index (χ2n) is 6.45. The van der Waals surface area contributed by atoms with E-state index in [2.05, 4.69) is 29.8 Å². The summed E-state index contributed by atoms with van der Waals surface area (Å²) in [6.07, 6.45) is 5.76. The Morgan fingerprint density at radius 2 is 2.10 bits per heavy atom. The molecule has 0 bridgehead atoms. The molecule has 1 aliphatic carbocycles. The lowest BCUT2D eigenvalue weighted by Crippen LogP contribution is -2.35. The van der Waals surface area contributed by atoms with Gasteiger partial charge in [-0.15, -0.1) is 0 Å². The minimum atomic E-state index is -0.277.